The summed E-state index contributed by atoms with van der Waals surface area (Å²) in [5.41, 5.74) is 7.35. The molecule has 9 rings (SSSR count). The Bertz CT molecular complexity index is 2760. The zero-order chi connectivity index (χ0) is 46.2. The van der Waals surface area contributed by atoms with Gasteiger partial charge in [-0.05, 0) is 68.9 Å². The summed E-state index contributed by atoms with van der Waals surface area (Å²) in [7, 11) is 4.05. The molecule has 3 aromatic carbocycles. The molecule has 4 amide bonds. The van der Waals surface area contributed by atoms with Crippen LogP contribution in [0.5, 0.6) is 5.75 Å². The zero-order valence-corrected chi connectivity index (χ0v) is 37.9. The quantitative estimate of drug-likeness (QED) is 0.0955. The molecule has 3 aliphatic heterocycles. The van der Waals surface area contributed by atoms with Gasteiger partial charge in [0, 0.05) is 47.8 Å². The molecule has 0 bridgehead atoms. The van der Waals surface area contributed by atoms with Crippen LogP contribution in [-0.4, -0.2) is 111 Å². The van der Waals surface area contributed by atoms with Crippen molar-refractivity contribution in [1.29, 1.82) is 0 Å². The number of carbonyl (C=O) groups is 4. The Hall–Kier alpha value is -7.14. The minimum atomic E-state index is -0.928. The molecule has 6 heterocycles. The van der Waals surface area contributed by atoms with Crippen LogP contribution in [0.1, 0.15) is 82.0 Å². The second-order valence-electron chi connectivity index (χ2n) is 17.4. The predicted molar refractivity (Wildman–Crippen MR) is 245 cm³/mol. The van der Waals surface area contributed by atoms with Gasteiger partial charge in [0.2, 0.25) is 18.0 Å². The number of hydrogen-bond acceptors (Lipinski definition) is 10. The summed E-state index contributed by atoms with van der Waals surface area (Å²) in [5.74, 6) is 1.52. The first-order valence-electron chi connectivity index (χ1n) is 22.4. The van der Waals surface area contributed by atoms with Crippen molar-refractivity contribution in [3.05, 3.63) is 102 Å². The number of amides is 4. The molecule has 3 aliphatic rings. The molecule has 0 spiro atoms. The summed E-state index contributed by atoms with van der Waals surface area (Å²) in [6, 6.07) is 22.6. The summed E-state index contributed by atoms with van der Waals surface area (Å²) >= 11 is 0. The summed E-state index contributed by atoms with van der Waals surface area (Å²) in [5, 5.41) is 6.38. The van der Waals surface area contributed by atoms with Crippen LogP contribution in [0.25, 0.3) is 44.7 Å². The van der Waals surface area contributed by atoms with E-state index >= 15 is 0 Å². The largest absolute Gasteiger partial charge is 0.465 e. The van der Waals surface area contributed by atoms with Crippen LogP contribution in [0.2, 0.25) is 0 Å². The van der Waals surface area contributed by atoms with E-state index in [9.17, 15) is 19.2 Å². The van der Waals surface area contributed by atoms with E-state index in [1.54, 1.807) is 18.0 Å². The maximum atomic E-state index is 13.9. The Morgan fingerprint density at radius 3 is 1.89 bits per heavy atom. The summed E-state index contributed by atoms with van der Waals surface area (Å²) in [6.45, 7) is 6.62. The van der Waals surface area contributed by atoms with Gasteiger partial charge in [0.15, 0.2) is 0 Å². The van der Waals surface area contributed by atoms with E-state index < -0.39 is 36.6 Å². The number of nitrogens with one attached hydrogen (secondary N) is 4. The van der Waals surface area contributed by atoms with Crippen LogP contribution < -0.4 is 15.4 Å². The lowest BCUT2D eigenvalue weighted by Gasteiger charge is -2.30. The Kier molecular flexibility index (Phi) is 12.3. The van der Waals surface area contributed by atoms with Crippen molar-refractivity contribution >= 4 is 34.9 Å². The van der Waals surface area contributed by atoms with E-state index in [1.165, 1.54) is 21.3 Å². The first-order chi connectivity index (χ1) is 32.0. The second kappa shape index (κ2) is 18.4. The molecule has 3 aromatic heterocycles. The number of nitrogens with zero attached hydrogens (tertiary/aromatic N) is 5. The molecule has 0 saturated carbocycles. The lowest BCUT2D eigenvalue weighted by atomic mass is 10.0. The molecule has 0 unspecified atom stereocenters. The smallest absolute Gasteiger partial charge is 0.407 e. The molecule has 17 heteroatoms. The lowest BCUT2D eigenvalue weighted by Crippen LogP contribution is -2.54. The van der Waals surface area contributed by atoms with Gasteiger partial charge in [-0.25, -0.2) is 19.6 Å². The fraction of sp³-hybridized carbons (Fsp3) is 0.388. The van der Waals surface area contributed by atoms with Crippen LogP contribution in [0.4, 0.5) is 9.59 Å². The van der Waals surface area contributed by atoms with Gasteiger partial charge in [-0.3, -0.25) is 9.59 Å². The van der Waals surface area contributed by atoms with Crippen LogP contribution in [0.15, 0.2) is 85.2 Å². The maximum absolute atomic E-state index is 13.9. The van der Waals surface area contributed by atoms with Crippen molar-refractivity contribution < 1.29 is 38.1 Å². The predicted octanol–water partition coefficient (Wildman–Crippen LogP) is 7.49. The Labute approximate surface area is 382 Å². The Morgan fingerprint density at radius 2 is 1.30 bits per heavy atom. The third-order valence-electron chi connectivity index (χ3n) is 13.1. The van der Waals surface area contributed by atoms with Gasteiger partial charge in [0.25, 0.3) is 0 Å². The van der Waals surface area contributed by atoms with E-state index in [0.717, 1.165) is 69.5 Å². The van der Waals surface area contributed by atoms with Crippen LogP contribution in [-0.2, 0) is 23.8 Å². The number of imidazole rings is 2. The third kappa shape index (κ3) is 8.23. The summed E-state index contributed by atoms with van der Waals surface area (Å²) in [4.78, 5) is 72.0. The number of ether oxygens (including phenoxy) is 4. The van der Waals surface area contributed by atoms with Gasteiger partial charge in [-0.1, -0.05) is 56.3 Å². The molecule has 2 fully saturated rings. The zero-order valence-electron chi connectivity index (χ0n) is 37.9. The number of H-pyrrole nitrogens is 2. The number of aromatic amines is 2. The van der Waals surface area contributed by atoms with Gasteiger partial charge in [-0.2, -0.15) is 0 Å². The molecule has 344 valence electrons. The second-order valence-corrected chi connectivity index (χ2v) is 17.4. The summed E-state index contributed by atoms with van der Waals surface area (Å²) < 4.78 is 24.2. The van der Waals surface area contributed by atoms with Gasteiger partial charge in [-0.15, -0.1) is 0 Å². The molecule has 2 saturated heterocycles. The molecule has 6 atom stereocenters. The molecular weight excluding hydrogens is 843 g/mol. The van der Waals surface area contributed by atoms with Crippen molar-refractivity contribution in [3.8, 4) is 39.5 Å². The number of fused-ring (bicyclic) bond motifs is 5. The lowest BCUT2D eigenvalue weighted by molar-refractivity contribution is -0.137. The van der Waals surface area contributed by atoms with Crippen molar-refractivity contribution in [2.45, 2.75) is 83.0 Å². The average molecular weight is 898 g/mol. The maximum Gasteiger partial charge on any atom is 0.407 e. The highest BCUT2D eigenvalue weighted by atomic mass is 16.5. The standard InChI is InChI=1S/C49H55N9O8/c1-27(2)41(54-48(61)64-5)45(59)56-20-10-14-37(56)43-50-25-34(52-43)30-17-19-36-32(22-30)23-39-33-18-16-31(24-40(33)66-47(58(36)39)29-12-8-7-9-13-29)35-26-51-44(53-35)38-15-11-21-57(38)46(60)42(28(3)63-4)55-49(62)65-6/h7-9,12-13,16-19,22-28,37-38,41-42,47H,10-11,14-15,20-21H2,1-6H3,(H,50,52)(H,51,53)(H,54,61)(H,55,62)/t28-,37+,38+,41+,42+,47+/m1/s1. The normalized spacial score (nSPS) is 19.2. The van der Waals surface area contributed by atoms with Gasteiger partial charge in [0.1, 0.15) is 29.5 Å². The topological polar surface area (TPSA) is 198 Å². The molecule has 66 heavy (non-hydrogen) atoms. The monoisotopic (exact) mass is 897 g/mol. The van der Waals surface area contributed by atoms with E-state index in [0.29, 0.717) is 36.9 Å². The molecule has 6 aromatic rings. The SMILES string of the molecule is COC(=O)N[C@H](C(=O)N1CCC[C@H]1c1ncc(-c2ccc3c(c2)cc2n3[C@H](c3ccccc3)Oc3cc(-c4cnc([C@@H]5CCCN5C(=O)[C@@H](NC(=O)OC)[C@@H](C)OC)[nH]4)ccc3-2)[nH]1)C(C)C. The number of benzene rings is 3. The highest BCUT2D eigenvalue weighted by Crippen LogP contribution is 2.46. The van der Waals surface area contributed by atoms with Crippen molar-refractivity contribution in [1.82, 2.24) is 44.9 Å². The Balaban J connectivity index is 0.999. The average Bonchev–Trinajstić information content (AvgIpc) is 4.20. The van der Waals surface area contributed by atoms with Gasteiger partial charge >= 0.3 is 12.2 Å². The van der Waals surface area contributed by atoms with E-state index in [2.05, 4.69) is 67.6 Å². The molecular formula is C49H55N9O8. The molecule has 17 nitrogen and oxygen atoms in total. The van der Waals surface area contributed by atoms with Crippen LogP contribution in [0, 0.1) is 5.92 Å². The molecule has 4 N–H and O–H groups in total. The van der Waals surface area contributed by atoms with Crippen molar-refractivity contribution in [2.75, 3.05) is 34.4 Å². The van der Waals surface area contributed by atoms with Crippen LogP contribution >= 0.6 is 0 Å². The van der Waals surface area contributed by atoms with Gasteiger partial charge < -0.3 is 53.9 Å². The number of alkyl carbamates (subject to hydrolysis) is 2. The molecule has 0 radical (unpaired) electrons. The van der Waals surface area contributed by atoms with E-state index in [4.69, 9.17) is 28.9 Å². The van der Waals surface area contributed by atoms with Crippen molar-refractivity contribution in [2.24, 2.45) is 5.92 Å². The fourth-order valence-electron chi connectivity index (χ4n) is 9.56. The minimum absolute atomic E-state index is 0.131. The first kappa shape index (κ1) is 44.1. The highest BCUT2D eigenvalue weighted by molar-refractivity contribution is 5.93. The number of rotatable bonds is 12. The number of likely N-dealkylation sites (tertiary alicyclic amines) is 2. The minimum Gasteiger partial charge on any atom is -0.465 e. The van der Waals surface area contributed by atoms with Gasteiger partial charge in [0.05, 0.1) is 67.4 Å². The first-order valence-corrected chi connectivity index (χ1v) is 22.4. The van der Waals surface area contributed by atoms with E-state index in [1.807, 2.05) is 55.3 Å². The fourth-order valence-corrected chi connectivity index (χ4v) is 9.56. The summed E-state index contributed by atoms with van der Waals surface area (Å²) in [6.07, 6.45) is 4.28. The van der Waals surface area contributed by atoms with E-state index in [-0.39, 0.29) is 29.8 Å². The Morgan fingerprint density at radius 1 is 0.727 bits per heavy atom. The molecule has 0 aliphatic carbocycles. The number of methoxy groups -OCH3 is 3. The number of carbonyl (C=O) groups excluding carboxylic acids is 4. The third-order valence-corrected chi connectivity index (χ3v) is 13.1. The van der Waals surface area contributed by atoms with Crippen LogP contribution in [0.3, 0.4) is 0 Å². The van der Waals surface area contributed by atoms with Crippen molar-refractivity contribution in [3.63, 3.8) is 0 Å². The number of hydrogen-bond donors (Lipinski definition) is 4. The number of aromatic nitrogens is 5. The highest BCUT2D eigenvalue weighted by Gasteiger charge is 2.40.